The van der Waals surface area contributed by atoms with Crippen molar-refractivity contribution in [2.75, 3.05) is 6.54 Å². The van der Waals surface area contributed by atoms with Crippen molar-refractivity contribution in [3.8, 4) is 0 Å². The van der Waals surface area contributed by atoms with Crippen LogP contribution in [0.25, 0.3) is 11.0 Å². The monoisotopic (exact) mass is 261 g/mol. The van der Waals surface area contributed by atoms with Gasteiger partial charge in [-0.1, -0.05) is 11.6 Å². The van der Waals surface area contributed by atoms with E-state index in [1.54, 1.807) is 0 Å². The first-order valence-electron chi connectivity index (χ1n) is 6.62. The summed E-state index contributed by atoms with van der Waals surface area (Å²) in [7, 11) is 0. The number of fused-ring (bicyclic) bond motifs is 1. The Hall–Kier alpha value is -1.06. The molecule has 0 unspecified atom stereocenters. The molecular formula is C14H16ClN3. The van der Waals surface area contributed by atoms with Gasteiger partial charge in [-0.05, 0) is 43.9 Å². The van der Waals surface area contributed by atoms with Crippen molar-refractivity contribution in [3.63, 3.8) is 0 Å². The minimum Gasteiger partial charge on any atom is -0.329 e. The summed E-state index contributed by atoms with van der Waals surface area (Å²) in [5.41, 5.74) is 8.35. The minimum absolute atomic E-state index is 0.147. The van der Waals surface area contributed by atoms with Crippen LogP contribution in [0.15, 0.2) is 18.2 Å². The maximum Gasteiger partial charge on any atom is 0.117 e. The van der Waals surface area contributed by atoms with Crippen molar-refractivity contribution < 1.29 is 0 Å². The second kappa shape index (κ2) is 3.49. The van der Waals surface area contributed by atoms with Gasteiger partial charge in [0, 0.05) is 23.0 Å². The quantitative estimate of drug-likeness (QED) is 0.923. The van der Waals surface area contributed by atoms with Crippen molar-refractivity contribution in [2.24, 2.45) is 5.73 Å². The standard InChI is InChI=1S/C14H16ClN3/c15-9-1-4-12-11(7-9)17-13(14(8-16)5-6-14)18(12)10-2-3-10/h1,4,7,10H,2-3,5-6,8,16H2. The van der Waals surface area contributed by atoms with E-state index < -0.39 is 0 Å². The summed E-state index contributed by atoms with van der Waals surface area (Å²) < 4.78 is 2.42. The Balaban J connectivity index is 1.98. The molecule has 2 aromatic rings. The lowest BCUT2D eigenvalue weighted by Crippen LogP contribution is -2.24. The smallest absolute Gasteiger partial charge is 0.117 e. The van der Waals surface area contributed by atoms with E-state index in [0.29, 0.717) is 12.6 Å². The number of imidazole rings is 1. The molecule has 1 heterocycles. The van der Waals surface area contributed by atoms with Gasteiger partial charge in [0.2, 0.25) is 0 Å². The first-order valence-corrected chi connectivity index (χ1v) is 6.99. The number of benzene rings is 1. The highest BCUT2D eigenvalue weighted by Gasteiger charge is 2.48. The summed E-state index contributed by atoms with van der Waals surface area (Å²) in [5, 5.41) is 0.757. The molecule has 0 aliphatic heterocycles. The van der Waals surface area contributed by atoms with Gasteiger partial charge in [-0.25, -0.2) is 4.98 Å². The molecule has 2 saturated carbocycles. The Morgan fingerprint density at radius 2 is 2.17 bits per heavy atom. The van der Waals surface area contributed by atoms with Crippen LogP contribution < -0.4 is 5.73 Å². The SMILES string of the molecule is NCC1(c2nc3cc(Cl)ccc3n2C2CC2)CC1. The van der Waals surface area contributed by atoms with Crippen molar-refractivity contribution >= 4 is 22.6 Å². The van der Waals surface area contributed by atoms with Crippen LogP contribution in [0.1, 0.15) is 37.5 Å². The normalized spacial score (nSPS) is 21.4. The molecular weight excluding hydrogens is 246 g/mol. The zero-order valence-corrected chi connectivity index (χ0v) is 11.0. The van der Waals surface area contributed by atoms with Crippen LogP contribution in [0, 0.1) is 0 Å². The molecule has 0 radical (unpaired) electrons. The number of hydrogen-bond acceptors (Lipinski definition) is 2. The number of hydrogen-bond donors (Lipinski definition) is 1. The van der Waals surface area contributed by atoms with Gasteiger partial charge in [-0.3, -0.25) is 0 Å². The third-order valence-electron chi connectivity index (χ3n) is 4.28. The van der Waals surface area contributed by atoms with E-state index in [0.717, 1.165) is 10.5 Å². The predicted molar refractivity (Wildman–Crippen MR) is 73.0 cm³/mol. The molecule has 3 nitrogen and oxygen atoms in total. The van der Waals surface area contributed by atoms with Gasteiger partial charge < -0.3 is 10.3 Å². The Morgan fingerprint density at radius 3 is 2.78 bits per heavy atom. The number of halogens is 1. The molecule has 4 heteroatoms. The van der Waals surface area contributed by atoms with Crippen molar-refractivity contribution in [1.82, 2.24) is 9.55 Å². The largest absolute Gasteiger partial charge is 0.329 e. The van der Waals surface area contributed by atoms with Crippen LogP contribution >= 0.6 is 11.6 Å². The lowest BCUT2D eigenvalue weighted by Gasteiger charge is -2.15. The highest BCUT2D eigenvalue weighted by molar-refractivity contribution is 6.31. The average Bonchev–Trinajstić information content (AvgIpc) is 3.27. The lowest BCUT2D eigenvalue weighted by atomic mass is 10.1. The summed E-state index contributed by atoms with van der Waals surface area (Å²) >= 11 is 6.07. The molecule has 0 saturated heterocycles. The van der Waals surface area contributed by atoms with Crippen LogP contribution in [0.4, 0.5) is 0 Å². The van der Waals surface area contributed by atoms with Crippen LogP contribution in [-0.2, 0) is 5.41 Å². The zero-order valence-electron chi connectivity index (χ0n) is 10.2. The molecule has 2 aliphatic rings. The second-order valence-corrected chi connectivity index (χ2v) is 6.09. The van der Waals surface area contributed by atoms with E-state index >= 15 is 0 Å². The number of rotatable bonds is 3. The highest BCUT2D eigenvalue weighted by Crippen LogP contribution is 2.50. The second-order valence-electron chi connectivity index (χ2n) is 5.65. The average molecular weight is 262 g/mol. The Bertz CT molecular complexity index is 623. The molecule has 94 valence electrons. The van der Waals surface area contributed by atoms with Gasteiger partial charge in [0.15, 0.2) is 0 Å². The molecule has 0 bridgehead atoms. The van der Waals surface area contributed by atoms with Crippen molar-refractivity contribution in [1.29, 1.82) is 0 Å². The molecule has 2 N–H and O–H groups in total. The fourth-order valence-corrected chi connectivity index (χ4v) is 2.98. The van der Waals surface area contributed by atoms with Gasteiger partial charge in [0.25, 0.3) is 0 Å². The van der Waals surface area contributed by atoms with Crippen LogP contribution in [0.3, 0.4) is 0 Å². The van der Waals surface area contributed by atoms with Gasteiger partial charge in [-0.15, -0.1) is 0 Å². The van der Waals surface area contributed by atoms with E-state index in [2.05, 4.69) is 10.6 Å². The zero-order chi connectivity index (χ0) is 12.3. The van der Waals surface area contributed by atoms with Gasteiger partial charge in [-0.2, -0.15) is 0 Å². The Kier molecular flexibility index (Phi) is 2.10. The topological polar surface area (TPSA) is 43.8 Å². The van der Waals surface area contributed by atoms with Crippen LogP contribution in [0.5, 0.6) is 0 Å². The predicted octanol–water partition coefficient (Wildman–Crippen LogP) is 3.01. The summed E-state index contributed by atoms with van der Waals surface area (Å²) in [5.74, 6) is 1.20. The van der Waals surface area contributed by atoms with Crippen LogP contribution in [0.2, 0.25) is 5.02 Å². The fraction of sp³-hybridized carbons (Fsp3) is 0.500. The summed E-state index contributed by atoms with van der Waals surface area (Å²) in [6.07, 6.45) is 4.88. The molecule has 0 atom stereocenters. The number of nitrogens with two attached hydrogens (primary N) is 1. The van der Waals surface area contributed by atoms with Gasteiger partial charge in [0.1, 0.15) is 5.82 Å². The minimum atomic E-state index is 0.147. The lowest BCUT2D eigenvalue weighted by molar-refractivity contribution is 0.586. The third kappa shape index (κ3) is 1.44. The first-order chi connectivity index (χ1) is 8.73. The molecule has 4 rings (SSSR count). The maximum absolute atomic E-state index is 6.07. The number of aromatic nitrogens is 2. The molecule has 1 aromatic heterocycles. The summed E-state index contributed by atoms with van der Waals surface area (Å²) in [6.45, 7) is 0.705. The van der Waals surface area contributed by atoms with Crippen molar-refractivity contribution in [2.45, 2.75) is 37.1 Å². The van der Waals surface area contributed by atoms with E-state index in [9.17, 15) is 0 Å². The highest BCUT2D eigenvalue weighted by atomic mass is 35.5. The Morgan fingerprint density at radius 1 is 1.39 bits per heavy atom. The first kappa shape index (κ1) is 10.8. The fourth-order valence-electron chi connectivity index (χ4n) is 2.82. The van der Waals surface area contributed by atoms with E-state index in [-0.39, 0.29) is 5.41 Å². The van der Waals surface area contributed by atoms with E-state index in [1.165, 1.54) is 37.0 Å². The summed E-state index contributed by atoms with van der Waals surface area (Å²) in [6, 6.07) is 6.65. The molecule has 2 aliphatic carbocycles. The van der Waals surface area contributed by atoms with Crippen LogP contribution in [-0.4, -0.2) is 16.1 Å². The van der Waals surface area contributed by atoms with Gasteiger partial charge in [0.05, 0.1) is 11.0 Å². The molecule has 0 amide bonds. The molecule has 18 heavy (non-hydrogen) atoms. The summed E-state index contributed by atoms with van der Waals surface area (Å²) in [4.78, 5) is 4.84. The number of nitrogens with zero attached hydrogens (tertiary/aromatic N) is 2. The molecule has 0 spiro atoms. The van der Waals surface area contributed by atoms with E-state index in [4.69, 9.17) is 22.3 Å². The van der Waals surface area contributed by atoms with Crippen molar-refractivity contribution in [3.05, 3.63) is 29.0 Å². The maximum atomic E-state index is 6.07. The molecule has 1 aromatic carbocycles. The van der Waals surface area contributed by atoms with Gasteiger partial charge >= 0.3 is 0 Å². The molecule has 2 fully saturated rings. The third-order valence-corrected chi connectivity index (χ3v) is 4.52. The van der Waals surface area contributed by atoms with E-state index in [1.807, 2.05) is 12.1 Å². The Labute approximate surface area is 111 Å².